The van der Waals surface area contributed by atoms with Gasteiger partial charge in [0.25, 0.3) is 0 Å². The van der Waals surface area contributed by atoms with Gasteiger partial charge >= 0.3 is 6.18 Å². The van der Waals surface area contributed by atoms with Crippen LogP contribution in [0.5, 0.6) is 0 Å². The van der Waals surface area contributed by atoms with Gasteiger partial charge in [-0.25, -0.2) is 18.1 Å². The van der Waals surface area contributed by atoms with Crippen molar-refractivity contribution in [3.8, 4) is 0 Å². The minimum absolute atomic E-state index is 0.404. The van der Waals surface area contributed by atoms with E-state index < -0.39 is 33.9 Å². The van der Waals surface area contributed by atoms with E-state index in [1.54, 1.807) is 43.3 Å². The van der Waals surface area contributed by atoms with Crippen molar-refractivity contribution in [2.75, 3.05) is 29.1 Å². The van der Waals surface area contributed by atoms with Crippen molar-refractivity contribution < 1.29 is 21.6 Å². The quantitative estimate of drug-likeness (QED) is 0.670. The van der Waals surface area contributed by atoms with Gasteiger partial charge in [0, 0.05) is 38.1 Å². The summed E-state index contributed by atoms with van der Waals surface area (Å²) in [5.41, 5.74) is -0.0563. The minimum Gasteiger partial charge on any atom is -0.356 e. The second-order valence-electron chi connectivity index (χ2n) is 7.60. The number of piperidine rings is 1. The molecule has 0 radical (unpaired) electrons. The number of nitrogens with one attached hydrogen (secondary N) is 2. The van der Waals surface area contributed by atoms with Crippen LogP contribution in [0, 0.1) is 0 Å². The standard InChI is InChI=1S/C17H24F3N7O2S/c1-16(25-30(28,29)10-6-17(18,19)20)4-8-27(9-5-16)14-3-7-21-15(24-14)23-13-11-22-26(2)12-13/h3,7,11-12,25H,4-6,8-10H2,1-2H3,(H,21,23,24). The fourth-order valence-corrected chi connectivity index (χ4v) is 4.77. The predicted molar refractivity (Wildman–Crippen MR) is 106 cm³/mol. The number of halogens is 3. The first-order chi connectivity index (χ1) is 13.9. The van der Waals surface area contributed by atoms with Gasteiger partial charge in [0.2, 0.25) is 16.0 Å². The molecule has 9 nitrogen and oxygen atoms in total. The molecule has 13 heteroatoms. The lowest BCUT2D eigenvalue weighted by Gasteiger charge is -2.40. The number of anilines is 3. The first-order valence-electron chi connectivity index (χ1n) is 9.35. The predicted octanol–water partition coefficient (Wildman–Crippen LogP) is 2.18. The van der Waals surface area contributed by atoms with E-state index in [4.69, 9.17) is 0 Å². The third-order valence-electron chi connectivity index (χ3n) is 4.85. The third kappa shape index (κ3) is 6.29. The third-order valence-corrected chi connectivity index (χ3v) is 6.39. The molecule has 0 saturated carbocycles. The number of hydrogen-bond donors (Lipinski definition) is 2. The monoisotopic (exact) mass is 447 g/mol. The zero-order valence-electron chi connectivity index (χ0n) is 16.6. The molecule has 0 bridgehead atoms. The van der Waals surface area contributed by atoms with Crippen molar-refractivity contribution in [2.45, 2.75) is 37.9 Å². The molecule has 1 saturated heterocycles. The Labute approximate surface area is 172 Å². The van der Waals surface area contributed by atoms with Crippen LogP contribution in [0.2, 0.25) is 0 Å². The van der Waals surface area contributed by atoms with Crippen LogP contribution in [0.1, 0.15) is 26.2 Å². The number of hydrogen-bond acceptors (Lipinski definition) is 7. The van der Waals surface area contributed by atoms with E-state index in [2.05, 4.69) is 25.1 Å². The Morgan fingerprint density at radius 3 is 2.57 bits per heavy atom. The number of sulfonamides is 1. The Balaban J connectivity index is 1.59. The number of nitrogens with zero attached hydrogens (tertiary/aromatic N) is 5. The fraction of sp³-hybridized carbons (Fsp3) is 0.588. The van der Waals surface area contributed by atoms with Crippen molar-refractivity contribution in [3.63, 3.8) is 0 Å². The molecule has 0 aromatic carbocycles. The number of rotatable bonds is 7. The molecule has 0 spiro atoms. The van der Waals surface area contributed by atoms with Gasteiger partial charge in [0.1, 0.15) is 5.82 Å². The molecule has 0 amide bonds. The van der Waals surface area contributed by atoms with Gasteiger partial charge in [0.15, 0.2) is 0 Å². The van der Waals surface area contributed by atoms with Gasteiger partial charge in [-0.3, -0.25) is 4.68 Å². The molecular formula is C17H24F3N7O2S. The van der Waals surface area contributed by atoms with Crippen molar-refractivity contribution >= 4 is 27.5 Å². The summed E-state index contributed by atoms with van der Waals surface area (Å²) in [6.45, 7) is 2.72. The second kappa shape index (κ2) is 8.38. The maximum absolute atomic E-state index is 12.3. The highest BCUT2D eigenvalue weighted by molar-refractivity contribution is 7.89. The van der Waals surface area contributed by atoms with Crippen molar-refractivity contribution in [1.82, 2.24) is 24.5 Å². The maximum atomic E-state index is 12.3. The van der Waals surface area contributed by atoms with Gasteiger partial charge in [-0.1, -0.05) is 0 Å². The van der Waals surface area contributed by atoms with Gasteiger partial charge < -0.3 is 10.2 Å². The molecule has 1 aliphatic heterocycles. The topological polar surface area (TPSA) is 105 Å². The van der Waals surface area contributed by atoms with Crippen LogP contribution >= 0.6 is 0 Å². The molecule has 0 aliphatic carbocycles. The average Bonchev–Trinajstić information content (AvgIpc) is 3.04. The minimum atomic E-state index is -4.51. The molecule has 30 heavy (non-hydrogen) atoms. The molecule has 166 valence electrons. The Morgan fingerprint density at radius 2 is 1.97 bits per heavy atom. The highest BCUT2D eigenvalue weighted by Crippen LogP contribution is 2.27. The van der Waals surface area contributed by atoms with E-state index in [9.17, 15) is 21.6 Å². The second-order valence-corrected chi connectivity index (χ2v) is 9.44. The van der Waals surface area contributed by atoms with Crippen LogP contribution in [0.3, 0.4) is 0 Å². The summed E-state index contributed by atoms with van der Waals surface area (Å²) in [6, 6.07) is 1.75. The smallest absolute Gasteiger partial charge is 0.356 e. The van der Waals surface area contributed by atoms with Crippen LogP contribution in [0.25, 0.3) is 0 Å². The van der Waals surface area contributed by atoms with Crippen molar-refractivity contribution in [1.29, 1.82) is 0 Å². The maximum Gasteiger partial charge on any atom is 0.390 e. The van der Waals surface area contributed by atoms with Crippen LogP contribution in [-0.2, 0) is 17.1 Å². The molecule has 2 N–H and O–H groups in total. The fourth-order valence-electron chi connectivity index (χ4n) is 3.21. The normalized spacial score (nSPS) is 17.2. The summed E-state index contributed by atoms with van der Waals surface area (Å²) >= 11 is 0. The van der Waals surface area contributed by atoms with E-state index >= 15 is 0 Å². The highest BCUT2D eigenvalue weighted by Gasteiger charge is 2.36. The average molecular weight is 447 g/mol. The number of aromatic nitrogens is 4. The Bertz CT molecular complexity index is 970. The molecule has 0 atom stereocenters. The Morgan fingerprint density at radius 1 is 1.27 bits per heavy atom. The summed E-state index contributed by atoms with van der Waals surface area (Å²) in [4.78, 5) is 10.7. The summed E-state index contributed by atoms with van der Waals surface area (Å²) in [6.07, 6.45) is 0.0578. The molecule has 0 unspecified atom stereocenters. The van der Waals surface area contributed by atoms with E-state index in [0.29, 0.717) is 37.7 Å². The largest absolute Gasteiger partial charge is 0.390 e. The lowest BCUT2D eigenvalue weighted by molar-refractivity contribution is -0.130. The van der Waals surface area contributed by atoms with Crippen molar-refractivity contribution in [2.24, 2.45) is 7.05 Å². The van der Waals surface area contributed by atoms with E-state index in [0.717, 1.165) is 5.69 Å². The van der Waals surface area contributed by atoms with Crippen LogP contribution in [0.4, 0.5) is 30.6 Å². The van der Waals surface area contributed by atoms with E-state index in [1.165, 1.54) is 0 Å². The van der Waals surface area contributed by atoms with Crippen LogP contribution < -0.4 is 14.9 Å². The lowest BCUT2D eigenvalue weighted by atomic mass is 9.91. The molecule has 2 aromatic rings. The lowest BCUT2D eigenvalue weighted by Crippen LogP contribution is -2.54. The zero-order chi connectivity index (χ0) is 22.0. The first-order valence-corrected chi connectivity index (χ1v) is 11.0. The van der Waals surface area contributed by atoms with Gasteiger partial charge in [0.05, 0.1) is 24.1 Å². The van der Waals surface area contributed by atoms with Gasteiger partial charge in [-0.05, 0) is 25.8 Å². The molecule has 3 rings (SSSR count). The molecular weight excluding hydrogens is 423 g/mol. The highest BCUT2D eigenvalue weighted by atomic mass is 32.2. The van der Waals surface area contributed by atoms with E-state index in [-0.39, 0.29) is 0 Å². The van der Waals surface area contributed by atoms with Crippen molar-refractivity contribution in [3.05, 3.63) is 24.7 Å². The summed E-state index contributed by atoms with van der Waals surface area (Å²) in [5.74, 6) is 0.116. The van der Waals surface area contributed by atoms with Crippen LogP contribution in [-0.4, -0.2) is 58.7 Å². The van der Waals surface area contributed by atoms with Gasteiger partial charge in [-0.15, -0.1) is 0 Å². The van der Waals surface area contributed by atoms with E-state index in [1.807, 2.05) is 4.90 Å². The first kappa shape index (κ1) is 22.3. The Kier molecular flexibility index (Phi) is 6.22. The molecule has 2 aromatic heterocycles. The zero-order valence-corrected chi connectivity index (χ0v) is 17.5. The number of alkyl halides is 3. The van der Waals surface area contributed by atoms with Crippen LogP contribution in [0.15, 0.2) is 24.7 Å². The number of aryl methyl sites for hydroxylation is 1. The summed E-state index contributed by atoms with van der Waals surface area (Å²) in [7, 11) is -2.23. The molecule has 1 fully saturated rings. The molecule has 3 heterocycles. The summed E-state index contributed by atoms with van der Waals surface area (Å²) in [5, 5.41) is 7.13. The Hall–Kier alpha value is -2.41. The van der Waals surface area contributed by atoms with Gasteiger partial charge in [-0.2, -0.15) is 23.3 Å². The SMILES string of the molecule is Cn1cc(Nc2nccc(N3CCC(C)(NS(=O)(=O)CCC(F)(F)F)CC3)n2)cn1. The molecule has 1 aliphatic rings. The summed E-state index contributed by atoms with van der Waals surface area (Å²) < 4.78 is 65.3.